The topological polar surface area (TPSA) is 92.3 Å². The Morgan fingerprint density at radius 3 is 2.10 bits per heavy atom. The van der Waals surface area contributed by atoms with E-state index in [4.69, 9.17) is 23.7 Å². The van der Waals surface area contributed by atoms with Crippen LogP contribution in [0.1, 0.15) is 44.6 Å². The molecule has 31 heavy (non-hydrogen) atoms. The van der Waals surface area contributed by atoms with Gasteiger partial charge in [0, 0.05) is 13.0 Å². The third-order valence-electron chi connectivity index (χ3n) is 4.20. The number of amides is 1. The largest absolute Gasteiger partial charge is 0.463 e. The zero-order valence-electron chi connectivity index (χ0n) is 18.6. The van der Waals surface area contributed by atoms with Crippen molar-refractivity contribution in [3.63, 3.8) is 0 Å². The molecule has 176 valence electrons. The quantitative estimate of drug-likeness (QED) is 0.261. The fourth-order valence-electron chi connectivity index (χ4n) is 2.52. The summed E-state index contributed by atoms with van der Waals surface area (Å²) in [6, 6.07) is 9.49. The Morgan fingerprint density at radius 2 is 1.42 bits per heavy atom. The van der Waals surface area contributed by atoms with Gasteiger partial charge in [-0.3, -0.25) is 4.79 Å². The number of benzene rings is 1. The van der Waals surface area contributed by atoms with Crippen molar-refractivity contribution in [3.8, 4) is 0 Å². The van der Waals surface area contributed by atoms with Crippen LogP contribution in [0.5, 0.6) is 0 Å². The third-order valence-corrected chi connectivity index (χ3v) is 4.20. The van der Waals surface area contributed by atoms with E-state index in [9.17, 15) is 9.59 Å². The summed E-state index contributed by atoms with van der Waals surface area (Å²) in [5.41, 5.74) is 0.939. The molecule has 0 aromatic heterocycles. The number of hydrogen-bond donors (Lipinski definition) is 1. The molecule has 0 saturated carbocycles. The molecule has 1 amide bonds. The second-order valence-corrected chi connectivity index (χ2v) is 6.86. The van der Waals surface area contributed by atoms with Crippen molar-refractivity contribution in [2.24, 2.45) is 0 Å². The molecule has 1 rings (SSSR count). The van der Waals surface area contributed by atoms with E-state index in [1.54, 1.807) is 0 Å². The Hall–Kier alpha value is -2.16. The summed E-state index contributed by atoms with van der Waals surface area (Å²) in [4.78, 5) is 23.0. The predicted molar refractivity (Wildman–Crippen MR) is 117 cm³/mol. The molecule has 0 saturated heterocycles. The summed E-state index contributed by atoms with van der Waals surface area (Å²) in [5, 5.41) is 2.63. The van der Waals surface area contributed by atoms with Gasteiger partial charge in [0.25, 0.3) is 0 Å². The van der Waals surface area contributed by atoms with E-state index in [2.05, 4.69) is 12.2 Å². The minimum absolute atomic E-state index is 0.160. The van der Waals surface area contributed by atoms with Gasteiger partial charge < -0.3 is 29.0 Å². The fraction of sp³-hybridized carbons (Fsp3) is 0.652. The monoisotopic (exact) mass is 439 g/mol. The lowest BCUT2D eigenvalue weighted by molar-refractivity contribution is -0.145. The van der Waals surface area contributed by atoms with Gasteiger partial charge in [-0.05, 0) is 12.0 Å². The van der Waals surface area contributed by atoms with Crippen LogP contribution in [0.15, 0.2) is 30.3 Å². The van der Waals surface area contributed by atoms with Crippen LogP contribution in [0.4, 0.5) is 4.79 Å². The minimum Gasteiger partial charge on any atom is -0.463 e. The maximum absolute atomic E-state index is 11.6. The molecule has 0 fully saturated rings. The molecule has 0 heterocycles. The molecule has 1 N–H and O–H groups in total. The molecular formula is C23H37NO7. The average Bonchev–Trinajstić information content (AvgIpc) is 2.79. The van der Waals surface area contributed by atoms with Crippen LogP contribution in [0.25, 0.3) is 0 Å². The molecule has 8 heteroatoms. The smallest absolute Gasteiger partial charge is 0.407 e. The van der Waals surface area contributed by atoms with Crippen molar-refractivity contribution < 1.29 is 33.3 Å². The zero-order chi connectivity index (χ0) is 22.4. The normalized spacial score (nSPS) is 10.6. The Bertz CT molecular complexity index is 568. The van der Waals surface area contributed by atoms with E-state index in [1.807, 2.05) is 30.3 Å². The number of carbonyl (C=O) groups excluding carboxylic acids is 2. The lowest BCUT2D eigenvalue weighted by Gasteiger charge is -2.09. The molecule has 8 nitrogen and oxygen atoms in total. The lowest BCUT2D eigenvalue weighted by atomic mass is 10.2. The first-order valence-corrected chi connectivity index (χ1v) is 11.1. The molecule has 0 atom stereocenters. The highest BCUT2D eigenvalue weighted by atomic mass is 16.6. The van der Waals surface area contributed by atoms with Crippen molar-refractivity contribution in [3.05, 3.63) is 35.9 Å². The Kier molecular flexibility index (Phi) is 17.2. The Morgan fingerprint density at radius 1 is 0.774 bits per heavy atom. The molecule has 0 aliphatic rings. The van der Waals surface area contributed by atoms with Crippen molar-refractivity contribution in [2.75, 3.05) is 52.8 Å². The number of esters is 1. The molecule has 0 radical (unpaired) electrons. The molecule has 1 aromatic carbocycles. The van der Waals surface area contributed by atoms with Crippen molar-refractivity contribution in [2.45, 2.75) is 45.6 Å². The predicted octanol–water partition coefficient (Wildman–Crippen LogP) is 3.48. The van der Waals surface area contributed by atoms with E-state index in [1.165, 1.54) is 0 Å². The van der Waals surface area contributed by atoms with Crippen LogP contribution in [-0.2, 0) is 35.1 Å². The highest BCUT2D eigenvalue weighted by Crippen LogP contribution is 2.03. The molecule has 0 spiro atoms. The summed E-state index contributed by atoms with van der Waals surface area (Å²) in [7, 11) is 0. The van der Waals surface area contributed by atoms with E-state index >= 15 is 0 Å². The van der Waals surface area contributed by atoms with Crippen LogP contribution in [-0.4, -0.2) is 64.9 Å². The summed E-state index contributed by atoms with van der Waals surface area (Å²) in [5.74, 6) is -0.160. The summed E-state index contributed by atoms with van der Waals surface area (Å²) < 4.78 is 26.3. The second-order valence-electron chi connectivity index (χ2n) is 6.86. The maximum atomic E-state index is 11.6. The van der Waals surface area contributed by atoms with E-state index in [-0.39, 0.29) is 19.2 Å². The summed E-state index contributed by atoms with van der Waals surface area (Å²) >= 11 is 0. The summed E-state index contributed by atoms with van der Waals surface area (Å²) in [6.45, 7) is 5.51. The highest BCUT2D eigenvalue weighted by Gasteiger charge is 2.03. The molecule has 0 bridgehead atoms. The van der Waals surface area contributed by atoms with Crippen LogP contribution < -0.4 is 5.32 Å². The Labute approximate surface area is 185 Å². The first-order chi connectivity index (χ1) is 15.2. The van der Waals surface area contributed by atoms with E-state index in [0.29, 0.717) is 52.6 Å². The van der Waals surface area contributed by atoms with Gasteiger partial charge in [-0.1, -0.05) is 56.5 Å². The first-order valence-electron chi connectivity index (χ1n) is 11.1. The Balaban J connectivity index is 1.77. The van der Waals surface area contributed by atoms with Crippen molar-refractivity contribution >= 4 is 12.1 Å². The van der Waals surface area contributed by atoms with Gasteiger partial charge in [0.2, 0.25) is 0 Å². The maximum Gasteiger partial charge on any atom is 0.407 e. The van der Waals surface area contributed by atoms with Crippen LogP contribution in [0.3, 0.4) is 0 Å². The second kappa shape index (κ2) is 19.8. The third kappa shape index (κ3) is 17.2. The number of alkyl carbamates (subject to hydrolysis) is 1. The number of unbranched alkanes of at least 4 members (excludes halogenated alkanes) is 3. The number of ether oxygens (including phenoxy) is 5. The molecule has 0 unspecified atom stereocenters. The lowest BCUT2D eigenvalue weighted by Crippen LogP contribution is -2.28. The van der Waals surface area contributed by atoms with E-state index < -0.39 is 6.09 Å². The minimum atomic E-state index is -0.469. The van der Waals surface area contributed by atoms with Crippen molar-refractivity contribution in [1.29, 1.82) is 0 Å². The van der Waals surface area contributed by atoms with Crippen molar-refractivity contribution in [1.82, 2.24) is 5.32 Å². The number of nitrogens with one attached hydrogen (secondary N) is 1. The van der Waals surface area contributed by atoms with Crippen LogP contribution in [0, 0.1) is 0 Å². The fourth-order valence-corrected chi connectivity index (χ4v) is 2.52. The number of rotatable bonds is 19. The van der Waals surface area contributed by atoms with Gasteiger partial charge in [0.05, 0.1) is 39.6 Å². The van der Waals surface area contributed by atoms with Crippen LogP contribution in [0.2, 0.25) is 0 Å². The standard InChI is InChI=1S/C23H37NO7/c1-2-3-4-8-11-22(25)30-19-18-29-17-16-28-15-14-27-13-12-24-23(26)31-20-21-9-6-5-7-10-21/h5-7,9-10H,2-4,8,11-20H2,1H3,(H,24,26). The highest BCUT2D eigenvalue weighted by molar-refractivity contribution is 5.69. The molecule has 0 aliphatic heterocycles. The van der Waals surface area contributed by atoms with Gasteiger partial charge in [0.15, 0.2) is 0 Å². The van der Waals surface area contributed by atoms with Gasteiger partial charge in [-0.2, -0.15) is 0 Å². The zero-order valence-corrected chi connectivity index (χ0v) is 18.6. The first kappa shape index (κ1) is 26.9. The SMILES string of the molecule is CCCCCCC(=O)OCCOCCOCCOCCNC(=O)OCc1ccccc1. The average molecular weight is 440 g/mol. The van der Waals surface area contributed by atoms with E-state index in [0.717, 1.165) is 31.2 Å². The molecular weight excluding hydrogens is 402 g/mol. The number of carbonyl (C=O) groups is 2. The van der Waals surface area contributed by atoms with Gasteiger partial charge >= 0.3 is 12.1 Å². The van der Waals surface area contributed by atoms with Gasteiger partial charge in [-0.15, -0.1) is 0 Å². The molecule has 1 aromatic rings. The number of hydrogen-bond acceptors (Lipinski definition) is 7. The summed E-state index contributed by atoms with van der Waals surface area (Å²) in [6.07, 6.45) is 4.28. The van der Waals surface area contributed by atoms with Gasteiger partial charge in [0.1, 0.15) is 13.2 Å². The van der Waals surface area contributed by atoms with Gasteiger partial charge in [-0.25, -0.2) is 4.79 Å². The van der Waals surface area contributed by atoms with Crippen LogP contribution >= 0.6 is 0 Å². The molecule has 0 aliphatic carbocycles.